The van der Waals surface area contributed by atoms with E-state index in [-0.39, 0.29) is 30.0 Å². The number of nitrogens with zero attached hydrogens (tertiary/aromatic N) is 1. The molecule has 2 aromatic carbocycles. The van der Waals surface area contributed by atoms with Gasteiger partial charge in [-0.1, -0.05) is 29.8 Å². The second kappa shape index (κ2) is 8.14. The molecule has 1 heterocycles. The lowest BCUT2D eigenvalue weighted by atomic mass is 9.91. The quantitative estimate of drug-likeness (QED) is 0.580. The number of carbonyl (C=O) groups is 2. The third kappa shape index (κ3) is 3.80. The van der Waals surface area contributed by atoms with Gasteiger partial charge in [0.15, 0.2) is 5.78 Å². The Hall–Kier alpha value is -2.67. The van der Waals surface area contributed by atoms with Crippen LogP contribution in [0.1, 0.15) is 35.7 Å². The summed E-state index contributed by atoms with van der Waals surface area (Å²) in [5.74, 6) is -1.87. The highest BCUT2D eigenvalue weighted by Crippen LogP contribution is 2.32. The molecular formula is C21H23NO5S. The zero-order chi connectivity index (χ0) is 20.3. The van der Waals surface area contributed by atoms with Crippen molar-refractivity contribution in [2.75, 3.05) is 17.5 Å². The van der Waals surface area contributed by atoms with Gasteiger partial charge in [-0.25, -0.2) is 8.42 Å². The summed E-state index contributed by atoms with van der Waals surface area (Å²) in [6.07, 6.45) is 0.612. The van der Waals surface area contributed by atoms with Crippen LogP contribution >= 0.6 is 0 Å². The van der Waals surface area contributed by atoms with Gasteiger partial charge in [0, 0.05) is 12.1 Å². The maximum Gasteiger partial charge on any atom is 0.316 e. The molecule has 1 aliphatic rings. The van der Waals surface area contributed by atoms with Crippen LogP contribution in [-0.2, 0) is 19.6 Å². The Balaban J connectivity index is 2.06. The molecule has 3 rings (SSSR count). The number of para-hydroxylation sites is 1. The first-order valence-electron chi connectivity index (χ1n) is 9.25. The van der Waals surface area contributed by atoms with Crippen molar-refractivity contribution in [2.45, 2.75) is 31.6 Å². The Morgan fingerprint density at radius 3 is 2.50 bits per heavy atom. The predicted molar refractivity (Wildman–Crippen MR) is 106 cm³/mol. The molecule has 0 N–H and O–H groups in total. The molecule has 0 saturated heterocycles. The van der Waals surface area contributed by atoms with Crippen LogP contribution in [0.2, 0.25) is 0 Å². The van der Waals surface area contributed by atoms with Crippen LogP contribution in [0, 0.1) is 12.8 Å². The van der Waals surface area contributed by atoms with E-state index < -0.39 is 27.7 Å². The molecule has 1 atom stereocenters. The highest BCUT2D eigenvalue weighted by molar-refractivity contribution is 7.92. The number of ether oxygens (including phenoxy) is 1. The summed E-state index contributed by atoms with van der Waals surface area (Å²) in [6.45, 7) is 3.94. The Labute approximate surface area is 165 Å². The number of carbonyl (C=O) groups excluding carboxylic acids is 2. The Morgan fingerprint density at radius 1 is 1.14 bits per heavy atom. The van der Waals surface area contributed by atoms with Crippen molar-refractivity contribution in [3.8, 4) is 0 Å². The summed E-state index contributed by atoms with van der Waals surface area (Å²) < 4.78 is 32.9. The van der Waals surface area contributed by atoms with Gasteiger partial charge in [0.05, 0.1) is 17.2 Å². The van der Waals surface area contributed by atoms with Gasteiger partial charge in [0.1, 0.15) is 5.92 Å². The molecule has 0 spiro atoms. The first-order chi connectivity index (χ1) is 13.4. The maximum atomic E-state index is 13.3. The molecule has 0 amide bonds. The van der Waals surface area contributed by atoms with E-state index in [0.29, 0.717) is 12.1 Å². The average molecular weight is 401 g/mol. The average Bonchev–Trinajstić information content (AvgIpc) is 2.66. The predicted octanol–water partition coefficient (Wildman–Crippen LogP) is 3.35. The number of sulfonamides is 1. The van der Waals surface area contributed by atoms with Gasteiger partial charge in [-0.05, 0) is 51.0 Å². The fourth-order valence-electron chi connectivity index (χ4n) is 3.33. The van der Waals surface area contributed by atoms with Gasteiger partial charge in [-0.3, -0.25) is 13.9 Å². The molecule has 148 valence electrons. The lowest BCUT2D eigenvalue weighted by Crippen LogP contribution is -2.37. The number of anilines is 1. The number of Topliss-reactive ketones (excluding diaryl/α,β-unsaturated/α-hetero) is 1. The zero-order valence-electron chi connectivity index (χ0n) is 15.9. The summed E-state index contributed by atoms with van der Waals surface area (Å²) in [7, 11) is -3.84. The summed E-state index contributed by atoms with van der Waals surface area (Å²) in [5.41, 5.74) is 1.47. The van der Waals surface area contributed by atoms with E-state index in [1.807, 2.05) is 6.92 Å². The van der Waals surface area contributed by atoms with E-state index in [4.69, 9.17) is 4.74 Å². The number of aryl methyl sites for hydroxylation is 1. The van der Waals surface area contributed by atoms with E-state index >= 15 is 0 Å². The van der Waals surface area contributed by atoms with E-state index in [9.17, 15) is 18.0 Å². The molecule has 0 aromatic heterocycles. The van der Waals surface area contributed by atoms with Crippen molar-refractivity contribution in [2.24, 2.45) is 5.92 Å². The molecule has 0 radical (unpaired) electrons. The number of rotatable bonds is 4. The van der Waals surface area contributed by atoms with Crippen molar-refractivity contribution >= 4 is 27.5 Å². The first kappa shape index (κ1) is 20.1. The third-order valence-electron chi connectivity index (χ3n) is 4.79. The molecule has 28 heavy (non-hydrogen) atoms. The van der Waals surface area contributed by atoms with Crippen molar-refractivity contribution in [3.63, 3.8) is 0 Å². The third-order valence-corrected chi connectivity index (χ3v) is 6.62. The number of hydrogen-bond donors (Lipinski definition) is 0. The van der Waals surface area contributed by atoms with Crippen molar-refractivity contribution in [1.29, 1.82) is 0 Å². The minimum Gasteiger partial charge on any atom is -0.465 e. The number of benzene rings is 2. The van der Waals surface area contributed by atoms with Crippen LogP contribution in [0.25, 0.3) is 0 Å². The second-order valence-corrected chi connectivity index (χ2v) is 8.58. The lowest BCUT2D eigenvalue weighted by molar-refractivity contribution is -0.146. The first-order valence-corrected chi connectivity index (χ1v) is 10.7. The molecule has 0 fully saturated rings. The summed E-state index contributed by atoms with van der Waals surface area (Å²) >= 11 is 0. The minimum absolute atomic E-state index is 0.169. The normalized spacial score (nSPS) is 17.4. The van der Waals surface area contributed by atoms with Crippen LogP contribution in [0.3, 0.4) is 0 Å². The van der Waals surface area contributed by atoms with Crippen LogP contribution in [0.4, 0.5) is 5.69 Å². The number of fused-ring (bicyclic) bond motifs is 1. The summed E-state index contributed by atoms with van der Waals surface area (Å²) in [6, 6.07) is 13.1. The van der Waals surface area contributed by atoms with Gasteiger partial charge >= 0.3 is 5.97 Å². The minimum atomic E-state index is -3.84. The summed E-state index contributed by atoms with van der Waals surface area (Å²) in [5, 5.41) is 0. The van der Waals surface area contributed by atoms with E-state index in [0.717, 1.165) is 5.56 Å². The monoisotopic (exact) mass is 401 g/mol. The standard InChI is InChI=1S/C21H23NO5S/c1-3-27-21(24)18-8-6-14-22(19-9-5-4-7-17(19)20(18)23)28(25,26)16-12-10-15(2)11-13-16/h4-5,7,9-13,18H,3,6,8,14H2,1-2H3. The fourth-order valence-corrected chi connectivity index (χ4v) is 4.85. The zero-order valence-corrected chi connectivity index (χ0v) is 16.7. The number of hydrogen-bond acceptors (Lipinski definition) is 5. The summed E-state index contributed by atoms with van der Waals surface area (Å²) in [4.78, 5) is 25.4. The molecule has 1 aliphatic heterocycles. The van der Waals surface area contributed by atoms with Gasteiger partial charge < -0.3 is 4.74 Å². The Morgan fingerprint density at radius 2 is 1.82 bits per heavy atom. The van der Waals surface area contributed by atoms with E-state index in [1.165, 1.54) is 4.31 Å². The Kier molecular flexibility index (Phi) is 5.84. The number of esters is 1. The smallest absolute Gasteiger partial charge is 0.316 e. The van der Waals surface area contributed by atoms with Crippen molar-refractivity contribution in [1.82, 2.24) is 0 Å². The number of ketones is 1. The largest absolute Gasteiger partial charge is 0.465 e. The molecular weight excluding hydrogens is 378 g/mol. The maximum absolute atomic E-state index is 13.3. The molecule has 1 unspecified atom stereocenters. The topological polar surface area (TPSA) is 80.8 Å². The van der Waals surface area contributed by atoms with Crippen molar-refractivity contribution in [3.05, 3.63) is 59.7 Å². The van der Waals surface area contributed by atoms with Gasteiger partial charge in [0.25, 0.3) is 10.0 Å². The van der Waals surface area contributed by atoms with Gasteiger partial charge in [-0.15, -0.1) is 0 Å². The van der Waals surface area contributed by atoms with Crippen LogP contribution in [0.15, 0.2) is 53.4 Å². The van der Waals surface area contributed by atoms with Crippen LogP contribution < -0.4 is 4.31 Å². The molecule has 0 aliphatic carbocycles. The molecule has 7 heteroatoms. The molecule has 2 aromatic rings. The van der Waals surface area contributed by atoms with Gasteiger partial charge in [0.2, 0.25) is 0 Å². The van der Waals surface area contributed by atoms with E-state index in [2.05, 4.69) is 0 Å². The Bertz CT molecular complexity index is 982. The molecule has 6 nitrogen and oxygen atoms in total. The van der Waals surface area contributed by atoms with Crippen LogP contribution in [-0.4, -0.2) is 33.3 Å². The van der Waals surface area contributed by atoms with Crippen LogP contribution in [0.5, 0.6) is 0 Å². The molecule has 0 bridgehead atoms. The van der Waals surface area contributed by atoms with Gasteiger partial charge in [-0.2, -0.15) is 0 Å². The fraction of sp³-hybridized carbons (Fsp3) is 0.333. The van der Waals surface area contributed by atoms with Crippen molar-refractivity contribution < 1.29 is 22.7 Å². The lowest BCUT2D eigenvalue weighted by Gasteiger charge is -2.29. The highest BCUT2D eigenvalue weighted by atomic mass is 32.2. The SMILES string of the molecule is CCOC(=O)C1CCCN(S(=O)(=O)c2ccc(C)cc2)c2ccccc2C1=O. The highest BCUT2D eigenvalue weighted by Gasteiger charge is 2.36. The van der Waals surface area contributed by atoms with E-state index in [1.54, 1.807) is 55.5 Å². The molecule has 0 saturated carbocycles. The second-order valence-electron chi connectivity index (χ2n) is 6.72.